The van der Waals surface area contributed by atoms with Crippen LogP contribution < -0.4 is 5.32 Å². The van der Waals surface area contributed by atoms with E-state index < -0.39 is 11.9 Å². The number of hydrogen-bond donors (Lipinski definition) is 1. The number of rotatable bonds is 6. The Kier molecular flexibility index (Phi) is 6.52. The summed E-state index contributed by atoms with van der Waals surface area (Å²) < 4.78 is 9.59. The van der Waals surface area contributed by atoms with Crippen molar-refractivity contribution < 1.29 is 19.1 Å². The number of aromatic nitrogens is 1. The van der Waals surface area contributed by atoms with Crippen molar-refractivity contribution in [3.63, 3.8) is 0 Å². The molecule has 0 unspecified atom stereocenters. The van der Waals surface area contributed by atoms with E-state index in [2.05, 4.69) is 10.3 Å². The van der Waals surface area contributed by atoms with Crippen LogP contribution in [0, 0.1) is 0 Å². The lowest BCUT2D eigenvalue weighted by molar-refractivity contribution is -0.146. The molecule has 0 fully saturated rings. The summed E-state index contributed by atoms with van der Waals surface area (Å²) in [5.41, 5.74) is 0.217. The van der Waals surface area contributed by atoms with Gasteiger partial charge >= 0.3 is 11.9 Å². The number of nitrogens with one attached hydrogen (secondary N) is 1. The molecule has 0 aliphatic carbocycles. The monoisotopic (exact) mass is 298 g/mol. The summed E-state index contributed by atoms with van der Waals surface area (Å²) in [5, 5.41) is 2.95. The number of esters is 2. The van der Waals surface area contributed by atoms with Crippen LogP contribution in [-0.4, -0.2) is 30.1 Å². The van der Waals surface area contributed by atoms with Crippen LogP contribution in [0.3, 0.4) is 0 Å². The molecule has 0 amide bonds. The van der Waals surface area contributed by atoms with Gasteiger partial charge in [0.1, 0.15) is 0 Å². The van der Waals surface area contributed by atoms with E-state index >= 15 is 0 Å². The highest BCUT2D eigenvalue weighted by atomic mass is 35.5. The van der Waals surface area contributed by atoms with Crippen LogP contribution in [0.4, 0.5) is 5.69 Å². The van der Waals surface area contributed by atoms with Gasteiger partial charge in [-0.15, -0.1) is 0 Å². The van der Waals surface area contributed by atoms with Gasteiger partial charge in [-0.25, -0.2) is 14.6 Å². The lowest BCUT2D eigenvalue weighted by Gasteiger charge is -2.08. The molecule has 0 aliphatic rings. The van der Waals surface area contributed by atoms with E-state index in [1.165, 1.54) is 12.4 Å². The summed E-state index contributed by atoms with van der Waals surface area (Å²) in [6, 6.07) is 3.32. The van der Waals surface area contributed by atoms with Crippen molar-refractivity contribution in [2.24, 2.45) is 0 Å². The van der Waals surface area contributed by atoms with E-state index in [-0.39, 0.29) is 23.9 Å². The Labute approximate surface area is 121 Å². The standard InChI is InChI=1S/C13H15ClN2O4/c1-3-19-12(17)9(13(18)20-4-2)8-16-10-6-5-7-15-11(10)14/h5-8,16H,3-4H2,1-2H3. The second-order valence-electron chi connectivity index (χ2n) is 3.49. The van der Waals surface area contributed by atoms with Gasteiger partial charge in [0.2, 0.25) is 0 Å². The topological polar surface area (TPSA) is 77.5 Å². The molecule has 6 nitrogen and oxygen atoms in total. The van der Waals surface area contributed by atoms with Gasteiger partial charge < -0.3 is 14.8 Å². The highest BCUT2D eigenvalue weighted by molar-refractivity contribution is 6.32. The van der Waals surface area contributed by atoms with Gasteiger partial charge in [0, 0.05) is 12.4 Å². The molecular formula is C13H15ClN2O4. The second-order valence-corrected chi connectivity index (χ2v) is 3.84. The number of carbonyl (C=O) groups is 2. The molecule has 1 N–H and O–H groups in total. The number of pyridine rings is 1. The summed E-state index contributed by atoms with van der Waals surface area (Å²) in [5.74, 6) is -1.53. The largest absolute Gasteiger partial charge is 0.462 e. The van der Waals surface area contributed by atoms with E-state index in [4.69, 9.17) is 21.1 Å². The van der Waals surface area contributed by atoms with Crippen LogP contribution in [0.5, 0.6) is 0 Å². The van der Waals surface area contributed by atoms with Gasteiger partial charge in [-0.05, 0) is 26.0 Å². The molecule has 7 heteroatoms. The Morgan fingerprint density at radius 1 is 1.30 bits per heavy atom. The first-order valence-corrected chi connectivity index (χ1v) is 6.39. The third-order valence-electron chi connectivity index (χ3n) is 2.12. The molecule has 0 atom stereocenters. The number of halogens is 1. The lowest BCUT2D eigenvalue weighted by atomic mass is 10.3. The molecule has 20 heavy (non-hydrogen) atoms. The average molecular weight is 299 g/mol. The number of hydrogen-bond acceptors (Lipinski definition) is 6. The van der Waals surface area contributed by atoms with Gasteiger partial charge in [0.05, 0.1) is 18.9 Å². The smallest absolute Gasteiger partial charge is 0.347 e. The minimum absolute atomic E-state index is 0.156. The third-order valence-corrected chi connectivity index (χ3v) is 2.42. The van der Waals surface area contributed by atoms with Crippen molar-refractivity contribution in [3.8, 4) is 0 Å². The minimum atomic E-state index is -0.765. The van der Waals surface area contributed by atoms with Crippen molar-refractivity contribution in [3.05, 3.63) is 35.3 Å². The molecule has 0 spiro atoms. The molecule has 108 valence electrons. The Morgan fingerprint density at radius 2 is 1.90 bits per heavy atom. The maximum atomic E-state index is 11.7. The zero-order valence-corrected chi connectivity index (χ0v) is 11.9. The summed E-state index contributed by atoms with van der Waals surface area (Å²) in [7, 11) is 0. The fourth-order valence-electron chi connectivity index (χ4n) is 1.26. The normalized spacial score (nSPS) is 9.55. The molecule has 0 radical (unpaired) electrons. The Balaban J connectivity index is 2.92. The van der Waals surface area contributed by atoms with Crippen molar-refractivity contribution >= 4 is 29.2 Å². The molecule has 0 saturated carbocycles. The highest BCUT2D eigenvalue weighted by Gasteiger charge is 2.21. The van der Waals surface area contributed by atoms with Crippen LogP contribution in [0.25, 0.3) is 0 Å². The van der Waals surface area contributed by atoms with E-state index in [1.807, 2.05) is 0 Å². The molecule has 1 aromatic heterocycles. The van der Waals surface area contributed by atoms with Crippen LogP contribution in [0.15, 0.2) is 30.1 Å². The number of ether oxygens (including phenoxy) is 2. The molecule has 1 aromatic rings. The molecular weight excluding hydrogens is 284 g/mol. The van der Waals surface area contributed by atoms with E-state index in [0.29, 0.717) is 5.69 Å². The van der Waals surface area contributed by atoms with Crippen LogP contribution in [0.2, 0.25) is 5.15 Å². The Hall–Kier alpha value is -2.08. The van der Waals surface area contributed by atoms with Gasteiger partial charge in [0.25, 0.3) is 0 Å². The predicted molar refractivity (Wildman–Crippen MR) is 74.2 cm³/mol. The van der Waals surface area contributed by atoms with Crippen molar-refractivity contribution in [1.29, 1.82) is 0 Å². The van der Waals surface area contributed by atoms with Crippen LogP contribution in [-0.2, 0) is 19.1 Å². The van der Waals surface area contributed by atoms with E-state index in [1.54, 1.807) is 26.0 Å². The maximum absolute atomic E-state index is 11.7. The van der Waals surface area contributed by atoms with Gasteiger partial charge in [0.15, 0.2) is 10.7 Å². The molecule has 0 bridgehead atoms. The molecule has 0 aliphatic heterocycles. The molecule has 1 heterocycles. The van der Waals surface area contributed by atoms with Crippen molar-refractivity contribution in [2.75, 3.05) is 18.5 Å². The first kappa shape index (κ1) is 16.0. The van der Waals surface area contributed by atoms with Gasteiger partial charge in [-0.1, -0.05) is 11.6 Å². The first-order chi connectivity index (χ1) is 9.60. The zero-order chi connectivity index (χ0) is 15.0. The summed E-state index contributed by atoms with van der Waals surface area (Å²) in [4.78, 5) is 27.2. The quantitative estimate of drug-likeness (QED) is 0.285. The number of anilines is 1. The van der Waals surface area contributed by atoms with Crippen molar-refractivity contribution in [1.82, 2.24) is 4.98 Å². The Bertz CT molecular complexity index is 497. The second kappa shape index (κ2) is 8.16. The third kappa shape index (κ3) is 4.55. The fraction of sp³-hybridized carbons (Fsp3) is 0.308. The van der Waals surface area contributed by atoms with Gasteiger partial charge in [-0.3, -0.25) is 0 Å². The van der Waals surface area contributed by atoms with Crippen LogP contribution >= 0.6 is 11.6 Å². The predicted octanol–water partition coefficient (Wildman–Crippen LogP) is 2.16. The van der Waals surface area contributed by atoms with E-state index in [0.717, 1.165) is 0 Å². The number of carbonyl (C=O) groups excluding carboxylic acids is 2. The zero-order valence-electron chi connectivity index (χ0n) is 11.2. The summed E-state index contributed by atoms with van der Waals surface area (Å²) in [6.45, 7) is 3.60. The number of nitrogens with zero attached hydrogens (tertiary/aromatic N) is 1. The van der Waals surface area contributed by atoms with Gasteiger partial charge in [-0.2, -0.15) is 0 Å². The molecule has 1 rings (SSSR count). The lowest BCUT2D eigenvalue weighted by Crippen LogP contribution is -2.19. The fourth-order valence-corrected chi connectivity index (χ4v) is 1.44. The summed E-state index contributed by atoms with van der Waals surface area (Å²) in [6.07, 6.45) is 2.72. The van der Waals surface area contributed by atoms with Crippen LogP contribution in [0.1, 0.15) is 13.8 Å². The minimum Gasteiger partial charge on any atom is -0.462 e. The average Bonchev–Trinajstić information content (AvgIpc) is 2.41. The Morgan fingerprint density at radius 3 is 2.40 bits per heavy atom. The molecule has 0 aromatic carbocycles. The molecule has 0 saturated heterocycles. The first-order valence-electron chi connectivity index (χ1n) is 6.01. The highest BCUT2D eigenvalue weighted by Crippen LogP contribution is 2.18. The van der Waals surface area contributed by atoms with Crippen molar-refractivity contribution in [2.45, 2.75) is 13.8 Å². The maximum Gasteiger partial charge on any atom is 0.347 e. The SMILES string of the molecule is CCOC(=O)C(=CNc1cccnc1Cl)C(=O)OCC. The van der Waals surface area contributed by atoms with E-state index in [9.17, 15) is 9.59 Å². The summed E-state index contributed by atoms with van der Waals surface area (Å²) >= 11 is 5.85.